The molecule has 0 aliphatic heterocycles. The lowest BCUT2D eigenvalue weighted by molar-refractivity contribution is 0.282. The zero-order valence-electron chi connectivity index (χ0n) is 13.9. The molecule has 21 heavy (non-hydrogen) atoms. The van der Waals surface area contributed by atoms with Gasteiger partial charge in [-0.2, -0.15) is 0 Å². The van der Waals surface area contributed by atoms with E-state index in [1.165, 1.54) is 70.6 Å². The molecule has 0 saturated carbocycles. The van der Waals surface area contributed by atoms with Crippen LogP contribution in [0.5, 0.6) is 0 Å². The Balaban J connectivity index is 1.74. The first-order valence-electron chi connectivity index (χ1n) is 8.99. The Labute approximate surface area is 130 Å². The van der Waals surface area contributed by atoms with Gasteiger partial charge in [-0.25, -0.2) is 0 Å². The molecule has 2 nitrogen and oxygen atoms in total. The zero-order valence-corrected chi connectivity index (χ0v) is 13.9. The maximum Gasteiger partial charge on any atom is 0.104 e. The summed E-state index contributed by atoms with van der Waals surface area (Å²) in [5, 5.41) is 8.69. The molecule has 1 aromatic rings. The maximum absolute atomic E-state index is 8.69. The van der Waals surface area contributed by atoms with E-state index >= 15 is 0 Å². The third-order valence-electron chi connectivity index (χ3n) is 4.13. The van der Waals surface area contributed by atoms with E-state index in [0.717, 1.165) is 24.4 Å². The van der Waals surface area contributed by atoms with E-state index in [1.807, 2.05) is 6.92 Å². The average molecular weight is 294 g/mol. The van der Waals surface area contributed by atoms with E-state index in [-0.39, 0.29) is 0 Å². The Bertz CT molecular complexity index is 330. The highest BCUT2D eigenvalue weighted by Crippen LogP contribution is 2.14. The van der Waals surface area contributed by atoms with Gasteiger partial charge in [-0.1, -0.05) is 64.2 Å². The van der Waals surface area contributed by atoms with Crippen LogP contribution in [0.4, 0.5) is 0 Å². The molecule has 0 atom stereocenters. The molecule has 0 amide bonds. The lowest BCUT2D eigenvalue weighted by Crippen LogP contribution is -1.85. The summed E-state index contributed by atoms with van der Waals surface area (Å²) in [5.41, 5.74) is 0. The van der Waals surface area contributed by atoms with Crippen molar-refractivity contribution in [3.8, 4) is 0 Å². The topological polar surface area (TPSA) is 33.4 Å². The van der Waals surface area contributed by atoms with Crippen molar-refractivity contribution in [3.05, 3.63) is 23.7 Å². The predicted molar refractivity (Wildman–Crippen MR) is 89.6 cm³/mol. The number of hydrogen-bond donors (Lipinski definition) is 1. The number of aliphatic hydroxyl groups is 1. The lowest BCUT2D eigenvalue weighted by atomic mass is 10.0. The Morgan fingerprint density at radius 2 is 1.19 bits per heavy atom. The Kier molecular flexibility index (Phi) is 11.3. The smallest absolute Gasteiger partial charge is 0.104 e. The van der Waals surface area contributed by atoms with Crippen LogP contribution in [0.15, 0.2) is 16.5 Å². The van der Waals surface area contributed by atoms with Crippen LogP contribution in [0.2, 0.25) is 0 Å². The minimum Gasteiger partial charge on any atom is -0.466 e. The van der Waals surface area contributed by atoms with Crippen molar-refractivity contribution in [1.29, 1.82) is 0 Å². The number of aryl methyl sites for hydroxylation is 2. The van der Waals surface area contributed by atoms with Gasteiger partial charge in [0.25, 0.3) is 0 Å². The van der Waals surface area contributed by atoms with Gasteiger partial charge in [0, 0.05) is 13.0 Å². The summed E-state index contributed by atoms with van der Waals surface area (Å²) in [4.78, 5) is 0. The molecule has 1 rings (SSSR count). The molecule has 0 aliphatic carbocycles. The summed E-state index contributed by atoms with van der Waals surface area (Å²) in [6.45, 7) is 2.37. The van der Waals surface area contributed by atoms with E-state index < -0.39 is 0 Å². The van der Waals surface area contributed by atoms with Gasteiger partial charge in [0.2, 0.25) is 0 Å². The summed E-state index contributed by atoms with van der Waals surface area (Å²) in [6.07, 6.45) is 16.9. The van der Waals surface area contributed by atoms with Crippen molar-refractivity contribution < 1.29 is 9.52 Å². The molecule has 0 spiro atoms. The maximum atomic E-state index is 8.69. The van der Waals surface area contributed by atoms with Gasteiger partial charge >= 0.3 is 0 Å². The fraction of sp³-hybridized carbons (Fsp3) is 0.789. The second-order valence-electron chi connectivity index (χ2n) is 6.23. The van der Waals surface area contributed by atoms with E-state index in [4.69, 9.17) is 9.52 Å². The summed E-state index contributed by atoms with van der Waals surface area (Å²) >= 11 is 0. The minimum atomic E-state index is 0.361. The second-order valence-corrected chi connectivity index (χ2v) is 6.23. The Hall–Kier alpha value is -0.760. The van der Waals surface area contributed by atoms with Crippen molar-refractivity contribution in [1.82, 2.24) is 0 Å². The van der Waals surface area contributed by atoms with Crippen molar-refractivity contribution in [2.24, 2.45) is 0 Å². The quantitative estimate of drug-likeness (QED) is 0.440. The first-order valence-corrected chi connectivity index (χ1v) is 8.99. The molecule has 2 heteroatoms. The van der Waals surface area contributed by atoms with E-state index in [2.05, 4.69) is 12.1 Å². The lowest BCUT2D eigenvalue weighted by Gasteiger charge is -2.02. The largest absolute Gasteiger partial charge is 0.466 e. The molecule has 1 N–H and O–H groups in total. The molecule has 1 aromatic heterocycles. The molecular formula is C19H34O2. The van der Waals surface area contributed by atoms with Crippen LogP contribution in [-0.4, -0.2) is 11.7 Å². The first-order chi connectivity index (χ1) is 10.3. The van der Waals surface area contributed by atoms with Gasteiger partial charge in [-0.15, -0.1) is 0 Å². The fourth-order valence-corrected chi connectivity index (χ4v) is 2.80. The van der Waals surface area contributed by atoms with Gasteiger partial charge in [0.1, 0.15) is 11.5 Å². The molecule has 0 aromatic carbocycles. The first kappa shape index (κ1) is 18.3. The molecule has 122 valence electrons. The number of unbranched alkanes of at least 4 members (excludes halogenated alkanes) is 11. The highest BCUT2D eigenvalue weighted by atomic mass is 16.3. The number of aliphatic hydroxyl groups excluding tert-OH is 1. The Morgan fingerprint density at radius 3 is 1.62 bits per heavy atom. The molecule has 0 aliphatic rings. The third-order valence-corrected chi connectivity index (χ3v) is 4.13. The van der Waals surface area contributed by atoms with Crippen molar-refractivity contribution >= 4 is 0 Å². The van der Waals surface area contributed by atoms with E-state index in [0.29, 0.717) is 6.61 Å². The van der Waals surface area contributed by atoms with Gasteiger partial charge < -0.3 is 9.52 Å². The molecule has 0 radical (unpaired) electrons. The molecule has 1 heterocycles. The standard InChI is InChI=1S/C19H34O2/c1-18-15-16-19(21-18)14-12-10-8-6-4-2-3-5-7-9-11-13-17-20/h15-16,20H,2-14,17H2,1H3. The zero-order chi connectivity index (χ0) is 15.2. The van der Waals surface area contributed by atoms with Crippen LogP contribution < -0.4 is 0 Å². The van der Waals surface area contributed by atoms with Crippen molar-refractivity contribution in [2.75, 3.05) is 6.61 Å². The number of rotatable bonds is 14. The van der Waals surface area contributed by atoms with Crippen LogP contribution in [-0.2, 0) is 6.42 Å². The van der Waals surface area contributed by atoms with Gasteiger partial charge in [-0.3, -0.25) is 0 Å². The SMILES string of the molecule is Cc1ccc(CCCCCCCCCCCCCCO)o1. The normalized spacial score (nSPS) is 11.1. The van der Waals surface area contributed by atoms with E-state index in [1.54, 1.807) is 0 Å². The number of furan rings is 1. The second kappa shape index (κ2) is 12.9. The number of hydrogen-bond acceptors (Lipinski definition) is 2. The molecular weight excluding hydrogens is 260 g/mol. The molecule has 0 bridgehead atoms. The Morgan fingerprint density at radius 1 is 0.714 bits per heavy atom. The van der Waals surface area contributed by atoms with Crippen LogP contribution >= 0.6 is 0 Å². The summed E-state index contributed by atoms with van der Waals surface area (Å²) in [6, 6.07) is 4.16. The van der Waals surface area contributed by atoms with Crippen molar-refractivity contribution in [2.45, 2.75) is 90.4 Å². The molecule has 0 fully saturated rings. The molecule has 0 saturated heterocycles. The highest BCUT2D eigenvalue weighted by Gasteiger charge is 1.98. The fourth-order valence-electron chi connectivity index (χ4n) is 2.80. The van der Waals surface area contributed by atoms with Crippen LogP contribution in [0.1, 0.15) is 88.6 Å². The monoisotopic (exact) mass is 294 g/mol. The summed E-state index contributed by atoms with van der Waals surface area (Å²) in [5.74, 6) is 2.18. The highest BCUT2D eigenvalue weighted by molar-refractivity contribution is 5.05. The van der Waals surface area contributed by atoms with Gasteiger partial charge in [-0.05, 0) is 31.9 Å². The average Bonchev–Trinajstić information content (AvgIpc) is 2.89. The summed E-state index contributed by atoms with van der Waals surface area (Å²) in [7, 11) is 0. The van der Waals surface area contributed by atoms with Crippen LogP contribution in [0.25, 0.3) is 0 Å². The predicted octanol–water partition coefficient (Wildman–Crippen LogP) is 5.80. The summed E-state index contributed by atoms with van der Waals surface area (Å²) < 4.78 is 5.58. The molecule has 0 unspecified atom stereocenters. The van der Waals surface area contributed by atoms with Gasteiger partial charge in [0.15, 0.2) is 0 Å². The van der Waals surface area contributed by atoms with Crippen LogP contribution in [0.3, 0.4) is 0 Å². The third kappa shape index (κ3) is 10.6. The minimum absolute atomic E-state index is 0.361. The van der Waals surface area contributed by atoms with Crippen LogP contribution in [0, 0.1) is 6.92 Å². The van der Waals surface area contributed by atoms with Gasteiger partial charge in [0.05, 0.1) is 0 Å². The van der Waals surface area contributed by atoms with E-state index in [9.17, 15) is 0 Å². The van der Waals surface area contributed by atoms with Crippen molar-refractivity contribution in [3.63, 3.8) is 0 Å².